The Morgan fingerprint density at radius 1 is 0.635 bits per heavy atom. The minimum atomic E-state index is -0.504. The SMILES string of the molecule is C=C/C=C\C(=C/C)c1nc(-c2ccccc2)cc(-c2ccc3c(c2)C2(c4ccccc4Sc4ccccc42)c2ccc4sc5ccccc5c4c2-3)n1. The predicted octanol–water partition coefficient (Wildman–Crippen LogP) is 13.2. The van der Waals surface area contributed by atoms with Gasteiger partial charge in [-0.05, 0) is 76.7 Å². The highest BCUT2D eigenvalue weighted by Gasteiger charge is 2.51. The van der Waals surface area contributed by atoms with E-state index in [4.69, 9.17) is 9.97 Å². The molecule has 4 heteroatoms. The fraction of sp³-hybridized carbons (Fsp3) is 0.0417. The molecule has 1 spiro atoms. The molecule has 3 heterocycles. The molecule has 0 radical (unpaired) electrons. The van der Waals surface area contributed by atoms with Crippen LogP contribution in [-0.4, -0.2) is 9.97 Å². The second-order valence-corrected chi connectivity index (χ2v) is 15.4. The zero-order valence-corrected chi connectivity index (χ0v) is 30.1. The lowest BCUT2D eigenvalue weighted by atomic mass is 9.67. The van der Waals surface area contributed by atoms with Gasteiger partial charge in [0.15, 0.2) is 5.82 Å². The second kappa shape index (κ2) is 12.2. The van der Waals surface area contributed by atoms with Gasteiger partial charge in [-0.3, -0.25) is 0 Å². The molecule has 2 nitrogen and oxygen atoms in total. The van der Waals surface area contributed by atoms with Crippen molar-refractivity contribution in [2.24, 2.45) is 0 Å². The quantitative estimate of drug-likeness (QED) is 0.167. The highest BCUT2D eigenvalue weighted by Crippen LogP contribution is 2.64. The normalized spacial score (nSPS) is 14.1. The number of nitrogens with zero attached hydrogens (tertiary/aromatic N) is 2. The Morgan fingerprint density at radius 3 is 2.08 bits per heavy atom. The molecule has 8 aromatic rings. The second-order valence-electron chi connectivity index (χ2n) is 13.2. The summed E-state index contributed by atoms with van der Waals surface area (Å²) in [6.07, 6.45) is 7.81. The van der Waals surface area contributed by atoms with Crippen molar-refractivity contribution in [2.45, 2.75) is 22.1 Å². The highest BCUT2D eigenvalue weighted by atomic mass is 32.2. The van der Waals surface area contributed by atoms with Gasteiger partial charge in [0.2, 0.25) is 0 Å². The van der Waals surface area contributed by atoms with E-state index in [0.717, 1.165) is 28.1 Å². The Kier molecular flexibility index (Phi) is 7.24. The number of fused-ring (bicyclic) bond motifs is 13. The average Bonchev–Trinajstić information content (AvgIpc) is 3.72. The van der Waals surface area contributed by atoms with Crippen LogP contribution in [0.15, 0.2) is 180 Å². The van der Waals surface area contributed by atoms with E-state index in [1.807, 2.05) is 48.2 Å². The van der Waals surface area contributed by atoms with Gasteiger partial charge in [0.05, 0.1) is 16.8 Å². The summed E-state index contributed by atoms with van der Waals surface area (Å²) in [6.45, 7) is 5.92. The molecule has 52 heavy (non-hydrogen) atoms. The van der Waals surface area contributed by atoms with E-state index in [2.05, 4.69) is 146 Å². The van der Waals surface area contributed by atoms with Crippen LogP contribution in [0.3, 0.4) is 0 Å². The molecule has 0 N–H and O–H groups in total. The molecule has 2 aromatic heterocycles. The third kappa shape index (κ3) is 4.51. The Bertz CT molecular complexity index is 2760. The molecule has 0 amide bonds. The maximum absolute atomic E-state index is 5.27. The van der Waals surface area contributed by atoms with E-state index in [1.165, 1.54) is 63.3 Å². The monoisotopic (exact) mass is 700 g/mol. The fourth-order valence-corrected chi connectivity index (χ4v) is 10.6. The standard InChI is InChI=1S/C48H32N2S2/c1-3-5-15-30(4-2)47-49-39(31-16-7-6-8-17-31)29-40(50-47)32-24-25-33-38(28-32)48(35-19-10-13-22-42(35)52-43-23-14-11-20-36(43)48)37-26-27-44-46(45(33)37)34-18-9-12-21-41(34)51-44/h3-29H,1H2,2H3/b15-5-,30-4+. The summed E-state index contributed by atoms with van der Waals surface area (Å²) in [5.74, 6) is 0.687. The summed E-state index contributed by atoms with van der Waals surface area (Å²) in [6, 6.07) is 51.2. The van der Waals surface area contributed by atoms with Crippen LogP contribution in [0.1, 0.15) is 35.0 Å². The van der Waals surface area contributed by atoms with Gasteiger partial charge >= 0.3 is 0 Å². The first-order valence-corrected chi connectivity index (χ1v) is 19.2. The van der Waals surface area contributed by atoms with Gasteiger partial charge in [0.1, 0.15) is 0 Å². The lowest BCUT2D eigenvalue weighted by Crippen LogP contribution is -2.32. The average molecular weight is 701 g/mol. The largest absolute Gasteiger partial charge is 0.228 e. The summed E-state index contributed by atoms with van der Waals surface area (Å²) in [7, 11) is 0. The smallest absolute Gasteiger partial charge is 0.160 e. The Balaban J connectivity index is 1.31. The Labute approximate surface area is 311 Å². The number of aromatic nitrogens is 2. The van der Waals surface area contributed by atoms with E-state index < -0.39 is 5.41 Å². The van der Waals surface area contributed by atoms with Crippen molar-refractivity contribution < 1.29 is 0 Å². The molecule has 1 aliphatic heterocycles. The van der Waals surface area contributed by atoms with Gasteiger partial charge in [-0.15, -0.1) is 11.3 Å². The van der Waals surface area contributed by atoms with Gasteiger partial charge in [-0.2, -0.15) is 0 Å². The molecule has 2 aliphatic rings. The van der Waals surface area contributed by atoms with Crippen LogP contribution in [0.4, 0.5) is 0 Å². The Morgan fingerprint density at radius 2 is 1.33 bits per heavy atom. The molecular weight excluding hydrogens is 669 g/mol. The predicted molar refractivity (Wildman–Crippen MR) is 220 cm³/mol. The van der Waals surface area contributed by atoms with E-state index in [-0.39, 0.29) is 0 Å². The van der Waals surface area contributed by atoms with Crippen LogP contribution < -0.4 is 0 Å². The van der Waals surface area contributed by atoms with Crippen LogP contribution in [-0.2, 0) is 5.41 Å². The third-order valence-electron chi connectivity index (χ3n) is 10.5. The van der Waals surface area contributed by atoms with Crippen LogP contribution in [0, 0.1) is 0 Å². The molecule has 1 aliphatic carbocycles. The van der Waals surface area contributed by atoms with Gasteiger partial charge in [0.25, 0.3) is 0 Å². The van der Waals surface area contributed by atoms with Crippen molar-refractivity contribution in [1.29, 1.82) is 0 Å². The zero-order valence-electron chi connectivity index (χ0n) is 28.5. The number of rotatable bonds is 5. The lowest BCUT2D eigenvalue weighted by molar-refractivity contribution is 0.723. The summed E-state index contributed by atoms with van der Waals surface area (Å²) in [4.78, 5) is 12.9. The van der Waals surface area contributed by atoms with Crippen molar-refractivity contribution in [3.8, 4) is 33.6 Å². The van der Waals surface area contributed by atoms with E-state index in [1.54, 1.807) is 6.08 Å². The molecule has 0 unspecified atom stereocenters. The van der Waals surface area contributed by atoms with E-state index in [0.29, 0.717) is 5.82 Å². The molecule has 6 aromatic carbocycles. The van der Waals surface area contributed by atoms with E-state index in [9.17, 15) is 0 Å². The van der Waals surface area contributed by atoms with Crippen LogP contribution in [0.2, 0.25) is 0 Å². The van der Waals surface area contributed by atoms with Crippen molar-refractivity contribution in [3.63, 3.8) is 0 Å². The highest BCUT2D eigenvalue weighted by molar-refractivity contribution is 7.99. The summed E-state index contributed by atoms with van der Waals surface area (Å²) in [5.41, 5.74) is 12.3. The minimum absolute atomic E-state index is 0.504. The number of hydrogen-bond acceptors (Lipinski definition) is 4. The maximum Gasteiger partial charge on any atom is 0.160 e. The van der Waals surface area contributed by atoms with E-state index >= 15 is 0 Å². The molecule has 0 bridgehead atoms. The lowest BCUT2D eigenvalue weighted by Gasteiger charge is -2.39. The molecule has 0 atom stereocenters. The topological polar surface area (TPSA) is 25.8 Å². The molecule has 0 saturated carbocycles. The van der Waals surface area contributed by atoms with Gasteiger partial charge in [-0.1, -0.05) is 146 Å². The zero-order chi connectivity index (χ0) is 34.8. The van der Waals surface area contributed by atoms with Gasteiger partial charge in [0, 0.05) is 46.7 Å². The summed E-state index contributed by atoms with van der Waals surface area (Å²) in [5, 5.41) is 2.66. The first-order valence-electron chi connectivity index (χ1n) is 17.6. The van der Waals surface area contributed by atoms with Gasteiger partial charge in [-0.25, -0.2) is 9.97 Å². The molecule has 0 saturated heterocycles. The van der Waals surface area contributed by atoms with Crippen LogP contribution >= 0.6 is 23.1 Å². The first kappa shape index (κ1) is 31.0. The fourth-order valence-electron chi connectivity index (χ4n) is 8.31. The molecule has 10 rings (SSSR count). The molecule has 246 valence electrons. The maximum atomic E-state index is 5.27. The molecular formula is C48H32N2S2. The van der Waals surface area contributed by atoms with Crippen LogP contribution in [0.25, 0.3) is 59.4 Å². The minimum Gasteiger partial charge on any atom is -0.228 e. The summed E-state index contributed by atoms with van der Waals surface area (Å²) < 4.78 is 2.63. The van der Waals surface area contributed by atoms with Crippen molar-refractivity contribution in [2.75, 3.05) is 0 Å². The Hall–Kier alpha value is -5.81. The number of thiophene rings is 1. The molecule has 0 fully saturated rings. The number of benzene rings is 6. The van der Waals surface area contributed by atoms with Crippen molar-refractivity contribution >= 4 is 48.8 Å². The first-order chi connectivity index (χ1) is 25.7. The number of allylic oxidation sites excluding steroid dienone is 5. The van der Waals surface area contributed by atoms with Crippen LogP contribution in [0.5, 0.6) is 0 Å². The van der Waals surface area contributed by atoms with Gasteiger partial charge < -0.3 is 0 Å². The number of hydrogen-bond donors (Lipinski definition) is 0. The van der Waals surface area contributed by atoms with Crippen molar-refractivity contribution in [1.82, 2.24) is 9.97 Å². The van der Waals surface area contributed by atoms with Crippen molar-refractivity contribution in [3.05, 3.63) is 198 Å². The third-order valence-corrected chi connectivity index (χ3v) is 12.8. The summed E-state index contributed by atoms with van der Waals surface area (Å²) >= 11 is 3.76.